The van der Waals surface area contributed by atoms with E-state index in [1.54, 1.807) is 12.4 Å². The summed E-state index contributed by atoms with van der Waals surface area (Å²) in [5.41, 5.74) is 2.10. The van der Waals surface area contributed by atoms with Gasteiger partial charge in [0.25, 0.3) is 0 Å². The largest absolute Gasteiger partial charge is 0.381 e. The molecule has 0 aromatic carbocycles. The number of nitrogens with one attached hydrogen (secondary N) is 1. The molecule has 0 saturated heterocycles. The van der Waals surface area contributed by atoms with Gasteiger partial charge in [-0.05, 0) is 104 Å². The standard InChI is InChI=1S/C28H40N2O2/c1-17(25(31)30-19-9-13-29-14-10-19)21-5-6-22-20-15-24(32-4)28-16-18(28)7-12-27(28,3)23(20)8-11-26(21,22)2/h9-10,13-14,17-18,20-24H,5-8,11-12,15-16H2,1-4H3,(H,29,30,31)/t17-,18+,20-,21+,22-,23-,24?,26+,27+,28?/m0/s1. The Morgan fingerprint density at radius 1 is 1.12 bits per heavy atom. The normalized spacial score (nSPS) is 49.4. The van der Waals surface area contributed by atoms with Crippen molar-refractivity contribution in [2.45, 2.75) is 78.2 Å². The first-order chi connectivity index (χ1) is 15.3. The molecule has 32 heavy (non-hydrogen) atoms. The van der Waals surface area contributed by atoms with Crippen LogP contribution in [0.2, 0.25) is 0 Å². The van der Waals surface area contributed by atoms with E-state index >= 15 is 0 Å². The third-order valence-electron chi connectivity index (χ3n) is 11.9. The zero-order valence-electron chi connectivity index (χ0n) is 20.3. The molecule has 2 unspecified atom stereocenters. The molecule has 4 nitrogen and oxygen atoms in total. The fourth-order valence-corrected chi connectivity index (χ4v) is 10.3. The van der Waals surface area contributed by atoms with Crippen molar-refractivity contribution in [2.75, 3.05) is 12.4 Å². The van der Waals surface area contributed by atoms with Crippen LogP contribution in [0.25, 0.3) is 0 Å². The lowest BCUT2D eigenvalue weighted by Gasteiger charge is -2.61. The van der Waals surface area contributed by atoms with Gasteiger partial charge in [0.05, 0.1) is 6.10 Å². The molecule has 174 valence electrons. The molecule has 1 heterocycles. The van der Waals surface area contributed by atoms with Gasteiger partial charge in [0.15, 0.2) is 0 Å². The second-order valence-electron chi connectivity index (χ2n) is 12.5. The van der Waals surface area contributed by atoms with Crippen molar-refractivity contribution in [1.29, 1.82) is 0 Å². The first-order valence-electron chi connectivity index (χ1n) is 13.1. The van der Waals surface area contributed by atoms with Gasteiger partial charge in [0, 0.05) is 36.5 Å². The summed E-state index contributed by atoms with van der Waals surface area (Å²) >= 11 is 0. The van der Waals surface area contributed by atoms with Gasteiger partial charge in [-0.1, -0.05) is 20.8 Å². The van der Waals surface area contributed by atoms with E-state index in [1.165, 1.54) is 51.4 Å². The van der Waals surface area contributed by atoms with E-state index in [4.69, 9.17) is 4.74 Å². The van der Waals surface area contributed by atoms with E-state index in [0.717, 1.165) is 29.4 Å². The monoisotopic (exact) mass is 436 g/mol. The Morgan fingerprint density at radius 3 is 2.62 bits per heavy atom. The topological polar surface area (TPSA) is 51.2 Å². The minimum atomic E-state index is 0.0396. The highest BCUT2D eigenvalue weighted by Gasteiger charge is 2.77. The minimum Gasteiger partial charge on any atom is -0.381 e. The lowest BCUT2D eigenvalue weighted by atomic mass is 9.45. The molecule has 6 rings (SSSR count). The Balaban J connectivity index is 1.24. The summed E-state index contributed by atoms with van der Waals surface area (Å²) in [6, 6.07) is 3.76. The van der Waals surface area contributed by atoms with Gasteiger partial charge in [0.1, 0.15) is 0 Å². The molecule has 5 saturated carbocycles. The van der Waals surface area contributed by atoms with Gasteiger partial charge in [0.2, 0.25) is 5.91 Å². The molecule has 1 amide bonds. The zero-order chi connectivity index (χ0) is 22.3. The number of hydrogen-bond donors (Lipinski definition) is 1. The van der Waals surface area contributed by atoms with Gasteiger partial charge in [-0.3, -0.25) is 9.78 Å². The second-order valence-corrected chi connectivity index (χ2v) is 12.5. The number of pyridine rings is 1. The number of fused-ring (bicyclic) bond motifs is 4. The Bertz CT molecular complexity index is 904. The lowest BCUT2D eigenvalue weighted by molar-refractivity contribution is -0.161. The Hall–Kier alpha value is -1.42. The van der Waals surface area contributed by atoms with Crippen molar-refractivity contribution in [3.8, 4) is 0 Å². The smallest absolute Gasteiger partial charge is 0.227 e. The number of anilines is 1. The Kier molecular flexibility index (Phi) is 4.65. The summed E-state index contributed by atoms with van der Waals surface area (Å²) in [6.45, 7) is 7.34. The second kappa shape index (κ2) is 7.04. The molecule has 0 radical (unpaired) electrons. The highest BCUT2D eigenvalue weighted by molar-refractivity contribution is 5.92. The predicted octanol–water partition coefficient (Wildman–Crippen LogP) is 5.94. The fraction of sp³-hybridized carbons (Fsp3) is 0.786. The van der Waals surface area contributed by atoms with Crippen molar-refractivity contribution in [3.63, 3.8) is 0 Å². The van der Waals surface area contributed by atoms with E-state index in [2.05, 4.69) is 31.1 Å². The number of carbonyl (C=O) groups excluding carboxylic acids is 1. The molecule has 5 aliphatic carbocycles. The SMILES string of the molecule is COC1C[C@H]2[C@@H]3CC[C@H]([C@H](C)C(=O)Nc4ccncc4)[C@@]3(C)CC[C@@H]2[C@@]2(C)CC[C@@H]3CC132. The average molecular weight is 437 g/mol. The van der Waals surface area contributed by atoms with Gasteiger partial charge in [-0.2, -0.15) is 0 Å². The maximum absolute atomic E-state index is 13.2. The van der Waals surface area contributed by atoms with Crippen LogP contribution < -0.4 is 5.32 Å². The zero-order valence-corrected chi connectivity index (χ0v) is 20.3. The highest BCUT2D eigenvalue weighted by Crippen LogP contribution is 2.82. The molecular formula is C28H40N2O2. The van der Waals surface area contributed by atoms with Crippen LogP contribution >= 0.6 is 0 Å². The lowest BCUT2D eigenvalue weighted by Crippen LogP contribution is -2.57. The molecule has 5 fully saturated rings. The Morgan fingerprint density at radius 2 is 1.91 bits per heavy atom. The van der Waals surface area contributed by atoms with Crippen LogP contribution in [0, 0.1) is 51.8 Å². The van der Waals surface area contributed by atoms with Crippen LogP contribution in [0.4, 0.5) is 5.69 Å². The van der Waals surface area contributed by atoms with Crippen molar-refractivity contribution in [2.24, 2.45) is 51.8 Å². The van der Waals surface area contributed by atoms with Crippen molar-refractivity contribution in [1.82, 2.24) is 4.98 Å². The van der Waals surface area contributed by atoms with Crippen LogP contribution in [-0.4, -0.2) is 24.1 Å². The summed E-state index contributed by atoms with van der Waals surface area (Å²) in [4.78, 5) is 17.3. The average Bonchev–Trinajstić information content (AvgIpc) is 3.30. The number of hydrogen-bond acceptors (Lipinski definition) is 3. The fourth-order valence-electron chi connectivity index (χ4n) is 10.3. The number of rotatable bonds is 4. The third-order valence-corrected chi connectivity index (χ3v) is 11.9. The summed E-state index contributed by atoms with van der Waals surface area (Å²) in [5.74, 6) is 3.99. The van der Waals surface area contributed by atoms with Crippen molar-refractivity contribution >= 4 is 11.6 Å². The molecule has 5 aliphatic rings. The molecule has 0 bridgehead atoms. The van der Waals surface area contributed by atoms with E-state index in [0.29, 0.717) is 22.9 Å². The maximum Gasteiger partial charge on any atom is 0.227 e. The third kappa shape index (κ3) is 2.59. The molecule has 4 heteroatoms. The molecule has 10 atom stereocenters. The van der Waals surface area contributed by atoms with Crippen LogP contribution in [0.1, 0.15) is 72.1 Å². The maximum atomic E-state index is 13.2. The van der Waals surface area contributed by atoms with E-state index in [9.17, 15) is 4.79 Å². The van der Waals surface area contributed by atoms with E-state index < -0.39 is 0 Å². The first kappa shape index (κ1) is 21.1. The number of methoxy groups -OCH3 is 1. The van der Waals surface area contributed by atoms with Gasteiger partial charge in [-0.15, -0.1) is 0 Å². The van der Waals surface area contributed by atoms with Gasteiger partial charge < -0.3 is 10.1 Å². The number of amides is 1. The summed E-state index contributed by atoms with van der Waals surface area (Å²) in [7, 11) is 1.97. The van der Waals surface area contributed by atoms with Crippen molar-refractivity contribution in [3.05, 3.63) is 24.5 Å². The van der Waals surface area contributed by atoms with Gasteiger partial charge in [-0.25, -0.2) is 0 Å². The van der Waals surface area contributed by atoms with Gasteiger partial charge >= 0.3 is 0 Å². The highest BCUT2D eigenvalue weighted by atomic mass is 16.5. The molecule has 1 aromatic heterocycles. The quantitative estimate of drug-likeness (QED) is 0.635. The van der Waals surface area contributed by atoms with Crippen LogP contribution in [0.15, 0.2) is 24.5 Å². The number of nitrogens with zero attached hydrogens (tertiary/aromatic N) is 1. The number of carbonyl (C=O) groups is 1. The van der Waals surface area contributed by atoms with E-state index in [1.807, 2.05) is 19.2 Å². The van der Waals surface area contributed by atoms with E-state index in [-0.39, 0.29) is 17.2 Å². The van der Waals surface area contributed by atoms with Crippen LogP contribution in [-0.2, 0) is 9.53 Å². The predicted molar refractivity (Wildman–Crippen MR) is 126 cm³/mol. The summed E-state index contributed by atoms with van der Waals surface area (Å²) in [5, 5.41) is 3.15. The van der Waals surface area contributed by atoms with Crippen molar-refractivity contribution < 1.29 is 9.53 Å². The molecule has 1 N–H and O–H groups in total. The number of aromatic nitrogens is 1. The minimum absolute atomic E-state index is 0.0396. The summed E-state index contributed by atoms with van der Waals surface area (Å²) < 4.78 is 6.26. The molecule has 1 aromatic rings. The number of ether oxygens (including phenoxy) is 1. The Labute approximate surface area is 193 Å². The summed E-state index contributed by atoms with van der Waals surface area (Å²) in [6.07, 6.45) is 14.6. The van der Waals surface area contributed by atoms with Crippen LogP contribution in [0.3, 0.4) is 0 Å². The first-order valence-corrected chi connectivity index (χ1v) is 13.1. The molecular weight excluding hydrogens is 396 g/mol. The van der Waals surface area contributed by atoms with Crippen LogP contribution in [0.5, 0.6) is 0 Å². The molecule has 1 spiro atoms. The molecule has 0 aliphatic heterocycles.